The van der Waals surface area contributed by atoms with Crippen molar-refractivity contribution in [3.8, 4) is 11.5 Å². The molecule has 0 unspecified atom stereocenters. The fraction of sp³-hybridized carbons (Fsp3) is 0.611. The van der Waals surface area contributed by atoms with Gasteiger partial charge < -0.3 is 20.5 Å². The molecule has 2 rings (SSSR count). The average molecular weight is 320 g/mol. The summed E-state index contributed by atoms with van der Waals surface area (Å²) in [4.78, 5) is 12.1. The minimum absolute atomic E-state index is 0.0672. The molecule has 1 fully saturated rings. The van der Waals surface area contributed by atoms with Crippen LogP contribution in [0.3, 0.4) is 0 Å². The summed E-state index contributed by atoms with van der Waals surface area (Å²) in [7, 11) is 1.62. The van der Waals surface area contributed by atoms with Gasteiger partial charge in [-0.1, -0.05) is 19.4 Å². The van der Waals surface area contributed by atoms with Gasteiger partial charge in [-0.2, -0.15) is 0 Å². The predicted octanol–water partition coefficient (Wildman–Crippen LogP) is 2.62. The topological polar surface area (TPSA) is 73.6 Å². The molecule has 23 heavy (non-hydrogen) atoms. The molecule has 1 aromatic carbocycles. The molecule has 0 aromatic heterocycles. The van der Waals surface area contributed by atoms with Crippen molar-refractivity contribution in [2.45, 2.75) is 51.6 Å². The monoisotopic (exact) mass is 320 g/mol. The first kappa shape index (κ1) is 17.6. The molecule has 0 saturated heterocycles. The van der Waals surface area contributed by atoms with Crippen LogP contribution in [0.5, 0.6) is 11.5 Å². The highest BCUT2D eigenvalue weighted by molar-refractivity contribution is 5.76. The van der Waals surface area contributed by atoms with Crippen molar-refractivity contribution in [3.05, 3.63) is 23.8 Å². The molecule has 1 aromatic rings. The third-order valence-electron chi connectivity index (χ3n) is 4.34. The lowest BCUT2D eigenvalue weighted by molar-refractivity contribution is -0.122. The van der Waals surface area contributed by atoms with Crippen LogP contribution in [0.15, 0.2) is 18.2 Å². The lowest BCUT2D eigenvalue weighted by Gasteiger charge is -2.15. The van der Waals surface area contributed by atoms with Gasteiger partial charge in [0.2, 0.25) is 5.91 Å². The number of rotatable bonds is 8. The van der Waals surface area contributed by atoms with Crippen LogP contribution >= 0.6 is 0 Å². The minimum Gasteiger partial charge on any atom is -0.493 e. The second-order valence-corrected chi connectivity index (χ2v) is 6.17. The molecule has 0 aliphatic heterocycles. The van der Waals surface area contributed by atoms with E-state index in [1.54, 1.807) is 7.11 Å². The zero-order chi connectivity index (χ0) is 16.7. The van der Waals surface area contributed by atoms with Crippen LogP contribution in [0, 0.1) is 5.92 Å². The maximum Gasteiger partial charge on any atom is 0.220 e. The lowest BCUT2D eigenvalue weighted by Crippen LogP contribution is -2.31. The summed E-state index contributed by atoms with van der Waals surface area (Å²) in [6, 6.07) is 5.93. The number of carbonyl (C=O) groups excluding carboxylic acids is 1. The van der Waals surface area contributed by atoms with Crippen LogP contribution in [0.2, 0.25) is 0 Å². The molecule has 1 saturated carbocycles. The summed E-state index contributed by atoms with van der Waals surface area (Å²) in [5.74, 6) is 1.83. The van der Waals surface area contributed by atoms with Crippen molar-refractivity contribution in [1.82, 2.24) is 5.32 Å². The fourth-order valence-corrected chi connectivity index (χ4v) is 2.98. The number of carbonyl (C=O) groups is 1. The molecule has 5 heteroatoms. The van der Waals surface area contributed by atoms with E-state index >= 15 is 0 Å². The maximum atomic E-state index is 12.1. The Bertz CT molecular complexity index is 519. The molecule has 5 nitrogen and oxygen atoms in total. The molecule has 3 N–H and O–H groups in total. The highest BCUT2D eigenvalue weighted by atomic mass is 16.5. The van der Waals surface area contributed by atoms with Gasteiger partial charge in [-0.15, -0.1) is 0 Å². The van der Waals surface area contributed by atoms with Gasteiger partial charge in [-0.25, -0.2) is 0 Å². The maximum absolute atomic E-state index is 12.1. The van der Waals surface area contributed by atoms with E-state index in [0.717, 1.165) is 37.0 Å². The van der Waals surface area contributed by atoms with Gasteiger partial charge in [0.1, 0.15) is 0 Å². The van der Waals surface area contributed by atoms with E-state index in [1.165, 1.54) is 0 Å². The zero-order valence-corrected chi connectivity index (χ0v) is 14.1. The van der Waals surface area contributed by atoms with Crippen molar-refractivity contribution < 1.29 is 14.3 Å². The number of ether oxygens (including phenoxy) is 2. The summed E-state index contributed by atoms with van der Waals surface area (Å²) < 4.78 is 11.0. The second kappa shape index (κ2) is 8.77. The van der Waals surface area contributed by atoms with Crippen LogP contribution in [-0.2, 0) is 11.3 Å². The Balaban J connectivity index is 1.86. The number of nitrogens with two attached hydrogens (primary N) is 1. The lowest BCUT2D eigenvalue weighted by atomic mass is 10.00. The van der Waals surface area contributed by atoms with Crippen LogP contribution < -0.4 is 20.5 Å². The average Bonchev–Trinajstić information content (AvgIpc) is 2.96. The quantitative estimate of drug-likeness (QED) is 0.772. The van der Waals surface area contributed by atoms with E-state index in [9.17, 15) is 4.79 Å². The van der Waals surface area contributed by atoms with Gasteiger partial charge in [0, 0.05) is 19.0 Å². The molecule has 1 aliphatic carbocycles. The third-order valence-corrected chi connectivity index (χ3v) is 4.34. The number of benzene rings is 1. The normalized spacial score (nSPS) is 20.3. The number of amides is 1. The molecular formula is C18H28N2O3. The first-order valence-corrected chi connectivity index (χ1v) is 8.46. The third kappa shape index (κ3) is 5.13. The van der Waals surface area contributed by atoms with Gasteiger partial charge >= 0.3 is 0 Å². The van der Waals surface area contributed by atoms with E-state index in [0.29, 0.717) is 31.2 Å². The second-order valence-electron chi connectivity index (χ2n) is 6.17. The van der Waals surface area contributed by atoms with Crippen molar-refractivity contribution >= 4 is 5.91 Å². The first-order valence-electron chi connectivity index (χ1n) is 8.46. The zero-order valence-electron chi connectivity index (χ0n) is 14.1. The highest BCUT2D eigenvalue weighted by Gasteiger charge is 2.25. The molecule has 128 valence electrons. The van der Waals surface area contributed by atoms with Gasteiger partial charge in [-0.3, -0.25) is 4.79 Å². The van der Waals surface area contributed by atoms with Crippen molar-refractivity contribution in [2.24, 2.45) is 11.7 Å². The smallest absolute Gasteiger partial charge is 0.220 e. The molecule has 0 radical (unpaired) electrons. The van der Waals surface area contributed by atoms with E-state index in [-0.39, 0.29) is 11.9 Å². The summed E-state index contributed by atoms with van der Waals surface area (Å²) in [5.41, 5.74) is 7.01. The van der Waals surface area contributed by atoms with Crippen molar-refractivity contribution in [2.75, 3.05) is 13.7 Å². The van der Waals surface area contributed by atoms with Crippen LogP contribution in [0.25, 0.3) is 0 Å². The van der Waals surface area contributed by atoms with Crippen LogP contribution in [-0.4, -0.2) is 25.7 Å². The number of nitrogens with one attached hydrogen (secondary N) is 1. The standard InChI is InChI=1S/C18H28N2O3/c1-3-9-23-16-8-7-13(10-17(16)22-2)12-20-18(21)11-14-5-4-6-15(14)19/h7-8,10,14-15H,3-6,9,11-12,19H2,1-2H3,(H,20,21)/t14-,15+/m0/s1. The van der Waals surface area contributed by atoms with Crippen molar-refractivity contribution in [3.63, 3.8) is 0 Å². The first-order chi connectivity index (χ1) is 11.1. The fourth-order valence-electron chi connectivity index (χ4n) is 2.98. The predicted molar refractivity (Wildman–Crippen MR) is 90.6 cm³/mol. The Morgan fingerprint density at radius 3 is 2.83 bits per heavy atom. The van der Waals surface area contributed by atoms with Crippen molar-refractivity contribution in [1.29, 1.82) is 0 Å². The summed E-state index contributed by atoms with van der Waals surface area (Å²) in [6.07, 6.45) is 4.70. The minimum atomic E-state index is 0.0672. The molecule has 0 bridgehead atoms. The SMILES string of the molecule is CCCOc1ccc(CNC(=O)C[C@@H]2CCC[C@H]2N)cc1OC. The van der Waals surface area contributed by atoms with E-state index in [2.05, 4.69) is 12.2 Å². The molecule has 0 heterocycles. The number of hydrogen-bond donors (Lipinski definition) is 2. The van der Waals surface area contributed by atoms with Gasteiger partial charge in [0.15, 0.2) is 11.5 Å². The van der Waals surface area contributed by atoms with Crippen LogP contribution in [0.1, 0.15) is 44.6 Å². The Morgan fingerprint density at radius 2 is 2.17 bits per heavy atom. The summed E-state index contributed by atoms with van der Waals surface area (Å²) in [5, 5.41) is 2.97. The number of hydrogen-bond acceptors (Lipinski definition) is 4. The van der Waals surface area contributed by atoms with Gasteiger partial charge in [0.25, 0.3) is 0 Å². The van der Waals surface area contributed by atoms with Gasteiger partial charge in [-0.05, 0) is 42.9 Å². The number of methoxy groups -OCH3 is 1. The Morgan fingerprint density at radius 1 is 1.35 bits per heavy atom. The van der Waals surface area contributed by atoms with E-state index in [4.69, 9.17) is 15.2 Å². The molecular weight excluding hydrogens is 292 g/mol. The Hall–Kier alpha value is -1.75. The molecule has 1 amide bonds. The molecule has 1 aliphatic rings. The summed E-state index contributed by atoms with van der Waals surface area (Å²) >= 11 is 0. The molecule has 0 spiro atoms. The highest BCUT2D eigenvalue weighted by Crippen LogP contribution is 2.29. The van der Waals surface area contributed by atoms with Crippen LogP contribution in [0.4, 0.5) is 0 Å². The Labute approximate surface area is 138 Å². The molecule has 2 atom stereocenters. The van der Waals surface area contributed by atoms with Gasteiger partial charge in [0.05, 0.1) is 13.7 Å². The largest absolute Gasteiger partial charge is 0.493 e. The Kier molecular flexibility index (Phi) is 6.71. The summed E-state index contributed by atoms with van der Waals surface area (Å²) in [6.45, 7) is 3.21. The van der Waals surface area contributed by atoms with E-state index in [1.807, 2.05) is 18.2 Å². The van der Waals surface area contributed by atoms with E-state index < -0.39 is 0 Å².